The van der Waals surface area contributed by atoms with Gasteiger partial charge >= 0.3 is 0 Å². The smallest absolute Gasteiger partial charge is 0.254 e. The Morgan fingerprint density at radius 2 is 1.94 bits per heavy atom. The number of carbonyl (C=O) groups is 1. The first-order valence-electron chi connectivity index (χ1n) is 12.3. The summed E-state index contributed by atoms with van der Waals surface area (Å²) < 4.78 is 13.8. The molecule has 2 fully saturated rings. The van der Waals surface area contributed by atoms with Gasteiger partial charge in [-0.1, -0.05) is 35.9 Å². The minimum absolute atomic E-state index is 0.0559. The second-order valence-corrected chi connectivity index (χ2v) is 10.9. The van der Waals surface area contributed by atoms with Crippen molar-refractivity contribution in [3.8, 4) is 22.5 Å². The second-order valence-electron chi connectivity index (χ2n) is 9.70. The molecule has 182 valence electrons. The number of fused-ring (bicyclic) bond motifs is 1. The molecular weight excluding hydrogens is 471 g/mol. The zero-order valence-electron chi connectivity index (χ0n) is 20.3. The Kier molecular flexibility index (Phi) is 5.80. The van der Waals surface area contributed by atoms with E-state index < -0.39 is 0 Å². The summed E-state index contributed by atoms with van der Waals surface area (Å²) in [4.78, 5) is 28.5. The van der Waals surface area contributed by atoms with E-state index in [0.717, 1.165) is 57.6 Å². The normalized spacial score (nSPS) is 19.1. The highest BCUT2D eigenvalue weighted by Gasteiger charge is 2.45. The Balaban J connectivity index is 1.24. The lowest BCUT2D eigenvalue weighted by Crippen LogP contribution is -2.65. The number of hydrogen-bond acceptors (Lipinski definition) is 5. The molecule has 36 heavy (non-hydrogen) atoms. The van der Waals surface area contributed by atoms with Gasteiger partial charge in [0.1, 0.15) is 5.82 Å². The summed E-state index contributed by atoms with van der Waals surface area (Å²) in [6, 6.07) is 18.6. The zero-order valence-corrected chi connectivity index (χ0v) is 21.1. The van der Waals surface area contributed by atoms with Gasteiger partial charge < -0.3 is 9.80 Å². The van der Waals surface area contributed by atoms with Gasteiger partial charge in [0, 0.05) is 53.3 Å². The van der Waals surface area contributed by atoms with Crippen LogP contribution in [0.2, 0.25) is 0 Å². The predicted molar refractivity (Wildman–Crippen MR) is 142 cm³/mol. The van der Waals surface area contributed by atoms with Gasteiger partial charge in [0.05, 0.1) is 17.4 Å². The maximum absolute atomic E-state index is 13.8. The van der Waals surface area contributed by atoms with Crippen LogP contribution < -0.4 is 4.90 Å². The fourth-order valence-electron chi connectivity index (χ4n) is 5.36. The Morgan fingerprint density at radius 1 is 1.06 bits per heavy atom. The molecule has 0 N–H and O–H groups in total. The molecule has 4 heterocycles. The monoisotopic (exact) mass is 498 g/mol. The Morgan fingerprint density at radius 3 is 2.75 bits per heavy atom. The van der Waals surface area contributed by atoms with Crippen LogP contribution in [0.4, 0.5) is 9.52 Å². The number of nitrogens with zero attached hydrogens (tertiary/aromatic N) is 4. The summed E-state index contributed by atoms with van der Waals surface area (Å²) >= 11 is 1.64. The fraction of sp³-hybridized carbons (Fsp3) is 0.276. The van der Waals surface area contributed by atoms with Crippen molar-refractivity contribution in [1.29, 1.82) is 0 Å². The molecule has 5 nitrogen and oxygen atoms in total. The molecule has 0 radical (unpaired) electrons. The van der Waals surface area contributed by atoms with E-state index >= 15 is 0 Å². The molecular formula is C29H27FN4OS. The van der Waals surface area contributed by atoms with Crippen molar-refractivity contribution in [1.82, 2.24) is 14.9 Å². The molecule has 2 aromatic heterocycles. The fourth-order valence-corrected chi connectivity index (χ4v) is 6.36. The number of aromatic nitrogens is 2. The van der Waals surface area contributed by atoms with Gasteiger partial charge in [-0.25, -0.2) is 9.37 Å². The van der Waals surface area contributed by atoms with E-state index in [1.165, 1.54) is 12.1 Å². The SMILES string of the molecule is Cc1ccc(-c2ccccn2)c(C(=O)N2CC[C@H]3CN(c4nc(-c5cccc(F)c5)c(C)s4)[C@H]3C2)c1. The van der Waals surface area contributed by atoms with Crippen molar-refractivity contribution in [3.05, 3.63) is 88.7 Å². The predicted octanol–water partition coefficient (Wildman–Crippen LogP) is 5.98. The van der Waals surface area contributed by atoms with Crippen LogP contribution >= 0.6 is 11.3 Å². The highest BCUT2D eigenvalue weighted by molar-refractivity contribution is 7.16. The van der Waals surface area contributed by atoms with E-state index in [4.69, 9.17) is 4.98 Å². The van der Waals surface area contributed by atoms with E-state index in [2.05, 4.69) is 9.88 Å². The number of thiazole rings is 1. The lowest BCUT2D eigenvalue weighted by Gasteiger charge is -2.53. The van der Waals surface area contributed by atoms with Gasteiger partial charge in [0.2, 0.25) is 0 Å². The molecule has 1 amide bonds. The molecule has 0 unspecified atom stereocenters. The quantitative estimate of drug-likeness (QED) is 0.347. The summed E-state index contributed by atoms with van der Waals surface area (Å²) in [5, 5.41) is 0.951. The molecule has 2 aliphatic heterocycles. The zero-order chi connectivity index (χ0) is 24.8. The van der Waals surface area contributed by atoms with Crippen LogP contribution in [0.1, 0.15) is 27.2 Å². The Labute approximate surface area is 214 Å². The standard InChI is InChI=1S/C29H27FN4OS/c1-18-9-10-23(25-8-3-4-12-31-25)24(14-18)28(35)33-13-11-21-16-34(26(21)17-33)29-32-27(19(2)36-29)20-6-5-7-22(30)15-20/h3-10,12,14-15,21,26H,11,13,16-17H2,1-2H3/t21-,26-/m0/s1. The van der Waals surface area contributed by atoms with E-state index in [1.54, 1.807) is 23.6 Å². The number of hydrogen-bond donors (Lipinski definition) is 0. The maximum Gasteiger partial charge on any atom is 0.254 e. The number of anilines is 1. The first-order chi connectivity index (χ1) is 17.5. The molecule has 4 aromatic rings. The van der Waals surface area contributed by atoms with Crippen LogP contribution in [0, 0.1) is 25.6 Å². The average molecular weight is 499 g/mol. The number of aryl methyl sites for hydroxylation is 2. The number of amides is 1. The summed E-state index contributed by atoms with van der Waals surface area (Å²) in [6.45, 7) is 6.43. The van der Waals surface area contributed by atoms with Crippen LogP contribution in [0.3, 0.4) is 0 Å². The largest absolute Gasteiger partial charge is 0.343 e. The maximum atomic E-state index is 13.8. The minimum Gasteiger partial charge on any atom is -0.343 e. The number of benzene rings is 2. The van der Waals surface area contributed by atoms with Crippen molar-refractivity contribution in [2.45, 2.75) is 26.3 Å². The van der Waals surface area contributed by atoms with Gasteiger partial charge in [-0.05, 0) is 50.6 Å². The third kappa shape index (κ3) is 4.07. The number of piperidine rings is 1. The number of rotatable bonds is 4. The molecule has 2 aliphatic rings. The van der Waals surface area contributed by atoms with Crippen LogP contribution in [0.25, 0.3) is 22.5 Å². The highest BCUT2D eigenvalue weighted by atomic mass is 32.1. The van der Waals surface area contributed by atoms with E-state index in [1.807, 2.05) is 61.2 Å². The highest BCUT2D eigenvalue weighted by Crippen LogP contribution is 2.41. The van der Waals surface area contributed by atoms with Crippen LogP contribution in [-0.4, -0.2) is 46.5 Å². The van der Waals surface area contributed by atoms with Gasteiger partial charge in [-0.3, -0.25) is 9.78 Å². The third-order valence-corrected chi connectivity index (χ3v) is 8.32. The third-order valence-electron chi connectivity index (χ3n) is 7.32. The van der Waals surface area contributed by atoms with Crippen molar-refractivity contribution < 1.29 is 9.18 Å². The number of halogens is 1. The Hall–Kier alpha value is -3.58. The van der Waals surface area contributed by atoms with Crippen LogP contribution in [-0.2, 0) is 0 Å². The number of carbonyl (C=O) groups excluding carboxylic acids is 1. The summed E-state index contributed by atoms with van der Waals surface area (Å²) in [5.41, 5.74) is 5.08. The molecule has 6 rings (SSSR count). The lowest BCUT2D eigenvalue weighted by molar-refractivity contribution is 0.0593. The average Bonchev–Trinajstić information content (AvgIpc) is 3.25. The molecule has 0 saturated carbocycles. The van der Waals surface area contributed by atoms with Crippen molar-refractivity contribution in [2.24, 2.45) is 5.92 Å². The molecule has 0 bridgehead atoms. The summed E-state index contributed by atoms with van der Waals surface area (Å²) in [6.07, 6.45) is 2.74. The first-order valence-corrected chi connectivity index (χ1v) is 13.1. The van der Waals surface area contributed by atoms with E-state index in [0.29, 0.717) is 18.0 Å². The molecule has 0 spiro atoms. The molecule has 2 aromatic carbocycles. The topological polar surface area (TPSA) is 49.3 Å². The van der Waals surface area contributed by atoms with Crippen molar-refractivity contribution in [2.75, 3.05) is 24.5 Å². The van der Waals surface area contributed by atoms with Gasteiger partial charge in [-0.2, -0.15) is 0 Å². The van der Waals surface area contributed by atoms with E-state index in [9.17, 15) is 9.18 Å². The van der Waals surface area contributed by atoms with Crippen LogP contribution in [0.5, 0.6) is 0 Å². The molecule has 7 heteroatoms. The van der Waals surface area contributed by atoms with Crippen molar-refractivity contribution >= 4 is 22.4 Å². The molecule has 0 aliphatic carbocycles. The van der Waals surface area contributed by atoms with E-state index in [-0.39, 0.29) is 17.8 Å². The summed E-state index contributed by atoms with van der Waals surface area (Å²) in [5.74, 6) is 0.359. The summed E-state index contributed by atoms with van der Waals surface area (Å²) in [7, 11) is 0. The first kappa shape index (κ1) is 22.9. The molecule has 2 saturated heterocycles. The van der Waals surface area contributed by atoms with Crippen molar-refractivity contribution in [3.63, 3.8) is 0 Å². The van der Waals surface area contributed by atoms with Gasteiger partial charge in [0.15, 0.2) is 5.13 Å². The minimum atomic E-state index is -0.256. The van der Waals surface area contributed by atoms with Gasteiger partial charge in [-0.15, -0.1) is 11.3 Å². The van der Waals surface area contributed by atoms with Crippen LogP contribution in [0.15, 0.2) is 66.9 Å². The number of pyridine rings is 1. The number of likely N-dealkylation sites (tertiary alicyclic amines) is 1. The molecule has 2 atom stereocenters. The Bertz CT molecular complexity index is 1440. The lowest BCUT2D eigenvalue weighted by atomic mass is 9.82. The second kappa shape index (κ2) is 9.13. The van der Waals surface area contributed by atoms with Gasteiger partial charge in [0.25, 0.3) is 5.91 Å².